The molecule has 0 aromatic heterocycles. The van der Waals surface area contributed by atoms with E-state index in [1.165, 1.54) is 4.90 Å². The van der Waals surface area contributed by atoms with Gasteiger partial charge in [-0.05, 0) is 25.7 Å². The number of amides is 1. The minimum Gasteiger partial charge on any atom is -0.480 e. The topological polar surface area (TPSA) is 83.6 Å². The lowest BCUT2D eigenvalue weighted by Crippen LogP contribution is -2.54. The molecule has 1 rings (SSSR count). The van der Waals surface area contributed by atoms with E-state index in [0.717, 1.165) is 12.8 Å². The van der Waals surface area contributed by atoms with Gasteiger partial charge in [-0.25, -0.2) is 4.79 Å². The Balaban J connectivity index is 2.76. The molecule has 92 valence electrons. The van der Waals surface area contributed by atoms with Crippen LogP contribution in [0.15, 0.2) is 0 Å². The van der Waals surface area contributed by atoms with Crippen LogP contribution < -0.4 is 5.73 Å². The molecule has 3 atom stereocenters. The predicted octanol–water partition coefficient (Wildman–Crippen LogP) is 0.435. The van der Waals surface area contributed by atoms with E-state index in [-0.39, 0.29) is 5.91 Å². The first-order chi connectivity index (χ1) is 7.47. The molecule has 1 aliphatic rings. The Morgan fingerprint density at radius 3 is 2.62 bits per heavy atom. The minimum absolute atomic E-state index is 0.262. The first-order valence-corrected chi connectivity index (χ1v) is 5.76. The Hall–Kier alpha value is -1.10. The first kappa shape index (κ1) is 13.0. The van der Waals surface area contributed by atoms with Crippen LogP contribution in [0, 0.1) is 5.92 Å². The molecule has 1 saturated heterocycles. The van der Waals surface area contributed by atoms with Crippen LogP contribution >= 0.6 is 0 Å². The van der Waals surface area contributed by atoms with Gasteiger partial charge in [0.05, 0.1) is 6.04 Å². The van der Waals surface area contributed by atoms with Gasteiger partial charge >= 0.3 is 5.97 Å². The maximum absolute atomic E-state index is 11.7. The van der Waals surface area contributed by atoms with Crippen molar-refractivity contribution in [3.05, 3.63) is 0 Å². The molecule has 1 aliphatic heterocycles. The van der Waals surface area contributed by atoms with E-state index >= 15 is 0 Å². The molecular weight excluding hydrogens is 208 g/mol. The van der Waals surface area contributed by atoms with Crippen LogP contribution in [0.25, 0.3) is 0 Å². The molecule has 0 radical (unpaired) electrons. The molecule has 0 spiro atoms. The lowest BCUT2D eigenvalue weighted by Gasteiger charge is -2.37. The zero-order valence-corrected chi connectivity index (χ0v) is 9.85. The molecule has 3 N–H and O–H groups in total. The molecule has 0 aromatic rings. The number of carboxylic acid groups (broad SMARTS) is 1. The number of rotatable bonds is 3. The summed E-state index contributed by atoms with van der Waals surface area (Å²) in [6.07, 6.45) is 2.38. The van der Waals surface area contributed by atoms with Crippen molar-refractivity contribution in [1.82, 2.24) is 4.90 Å². The second kappa shape index (κ2) is 5.30. The third kappa shape index (κ3) is 2.72. The van der Waals surface area contributed by atoms with E-state index in [4.69, 9.17) is 10.8 Å². The second-order valence-electron chi connectivity index (χ2n) is 4.47. The summed E-state index contributed by atoms with van der Waals surface area (Å²) >= 11 is 0. The van der Waals surface area contributed by atoms with Crippen LogP contribution in [0.3, 0.4) is 0 Å². The van der Waals surface area contributed by atoms with Crippen molar-refractivity contribution in [2.75, 3.05) is 6.54 Å². The summed E-state index contributed by atoms with van der Waals surface area (Å²) in [5, 5.41) is 9.12. The molecule has 5 heteroatoms. The Labute approximate surface area is 95.6 Å². The number of carbonyl (C=O) groups is 2. The van der Waals surface area contributed by atoms with Crippen LogP contribution in [0.1, 0.15) is 33.1 Å². The SMILES string of the molecule is CCC1CCN(C(=O)C(C)N)C(C(=O)O)C1. The van der Waals surface area contributed by atoms with E-state index in [1.807, 2.05) is 6.92 Å². The van der Waals surface area contributed by atoms with Crippen LogP contribution in [-0.2, 0) is 9.59 Å². The van der Waals surface area contributed by atoms with Crippen LogP contribution in [0.4, 0.5) is 0 Å². The van der Waals surface area contributed by atoms with Gasteiger partial charge < -0.3 is 15.7 Å². The fourth-order valence-electron chi connectivity index (χ4n) is 2.17. The summed E-state index contributed by atoms with van der Waals surface area (Å²) < 4.78 is 0. The summed E-state index contributed by atoms with van der Waals surface area (Å²) in [5.41, 5.74) is 5.51. The number of aliphatic carboxylic acids is 1. The minimum atomic E-state index is -0.924. The van der Waals surface area contributed by atoms with Gasteiger partial charge in [-0.15, -0.1) is 0 Å². The average Bonchev–Trinajstić information content (AvgIpc) is 2.26. The van der Waals surface area contributed by atoms with Gasteiger partial charge in [0.25, 0.3) is 0 Å². The zero-order chi connectivity index (χ0) is 12.3. The fourth-order valence-corrected chi connectivity index (χ4v) is 2.17. The zero-order valence-electron chi connectivity index (χ0n) is 9.85. The van der Waals surface area contributed by atoms with Gasteiger partial charge in [0.15, 0.2) is 0 Å². The normalized spacial score (nSPS) is 27.6. The predicted molar refractivity (Wildman–Crippen MR) is 59.8 cm³/mol. The Bertz CT molecular complexity index is 278. The molecule has 3 unspecified atom stereocenters. The van der Waals surface area contributed by atoms with Gasteiger partial charge in [-0.2, -0.15) is 0 Å². The van der Waals surface area contributed by atoms with E-state index in [0.29, 0.717) is 18.9 Å². The van der Waals surface area contributed by atoms with Crippen molar-refractivity contribution in [2.24, 2.45) is 11.7 Å². The van der Waals surface area contributed by atoms with E-state index < -0.39 is 18.1 Å². The summed E-state index contributed by atoms with van der Waals surface area (Å²) in [7, 11) is 0. The van der Waals surface area contributed by atoms with E-state index in [1.54, 1.807) is 6.92 Å². The highest BCUT2D eigenvalue weighted by atomic mass is 16.4. The Kier molecular flexibility index (Phi) is 4.29. The summed E-state index contributed by atoms with van der Waals surface area (Å²) in [6.45, 7) is 4.15. The van der Waals surface area contributed by atoms with Crippen molar-refractivity contribution in [2.45, 2.75) is 45.2 Å². The van der Waals surface area contributed by atoms with E-state index in [2.05, 4.69) is 0 Å². The highest BCUT2D eigenvalue weighted by molar-refractivity contribution is 5.86. The number of nitrogens with zero attached hydrogens (tertiary/aromatic N) is 1. The molecule has 0 saturated carbocycles. The number of piperidine rings is 1. The highest BCUT2D eigenvalue weighted by Gasteiger charge is 2.36. The van der Waals surface area contributed by atoms with Gasteiger partial charge in [0.2, 0.25) is 5.91 Å². The summed E-state index contributed by atoms with van der Waals surface area (Å²) in [5.74, 6) is -0.785. The monoisotopic (exact) mass is 228 g/mol. The molecular formula is C11H20N2O3. The lowest BCUT2D eigenvalue weighted by atomic mass is 9.88. The Morgan fingerprint density at radius 2 is 2.19 bits per heavy atom. The third-order valence-corrected chi connectivity index (χ3v) is 3.25. The average molecular weight is 228 g/mol. The van der Waals surface area contributed by atoms with Crippen molar-refractivity contribution < 1.29 is 14.7 Å². The van der Waals surface area contributed by atoms with Crippen LogP contribution in [-0.4, -0.2) is 40.5 Å². The molecule has 1 heterocycles. The van der Waals surface area contributed by atoms with Gasteiger partial charge in [0, 0.05) is 6.54 Å². The number of likely N-dealkylation sites (tertiary alicyclic amines) is 1. The molecule has 1 fully saturated rings. The highest BCUT2D eigenvalue weighted by Crippen LogP contribution is 2.25. The van der Waals surface area contributed by atoms with Crippen LogP contribution in [0.5, 0.6) is 0 Å². The van der Waals surface area contributed by atoms with Crippen molar-refractivity contribution in [1.29, 1.82) is 0 Å². The molecule has 0 aliphatic carbocycles. The second-order valence-corrected chi connectivity index (χ2v) is 4.47. The van der Waals surface area contributed by atoms with Crippen LogP contribution in [0.2, 0.25) is 0 Å². The van der Waals surface area contributed by atoms with Crippen molar-refractivity contribution >= 4 is 11.9 Å². The number of carbonyl (C=O) groups excluding carboxylic acids is 1. The largest absolute Gasteiger partial charge is 0.480 e. The number of carboxylic acids is 1. The molecule has 16 heavy (non-hydrogen) atoms. The number of hydrogen-bond donors (Lipinski definition) is 2. The number of hydrogen-bond acceptors (Lipinski definition) is 3. The van der Waals surface area contributed by atoms with Crippen molar-refractivity contribution in [3.63, 3.8) is 0 Å². The fraction of sp³-hybridized carbons (Fsp3) is 0.818. The van der Waals surface area contributed by atoms with Crippen molar-refractivity contribution in [3.8, 4) is 0 Å². The summed E-state index contributed by atoms with van der Waals surface area (Å²) in [4.78, 5) is 24.3. The van der Waals surface area contributed by atoms with E-state index in [9.17, 15) is 9.59 Å². The smallest absolute Gasteiger partial charge is 0.326 e. The quantitative estimate of drug-likeness (QED) is 0.734. The van der Waals surface area contributed by atoms with Gasteiger partial charge in [-0.3, -0.25) is 4.79 Å². The lowest BCUT2D eigenvalue weighted by molar-refractivity contribution is -0.153. The molecule has 0 aromatic carbocycles. The first-order valence-electron chi connectivity index (χ1n) is 5.76. The standard InChI is InChI=1S/C11H20N2O3/c1-3-8-4-5-13(10(14)7(2)12)9(6-8)11(15)16/h7-9H,3-6,12H2,1-2H3,(H,15,16). The third-order valence-electron chi connectivity index (χ3n) is 3.25. The molecule has 5 nitrogen and oxygen atoms in total. The van der Waals surface area contributed by atoms with Gasteiger partial charge in [-0.1, -0.05) is 13.3 Å². The van der Waals surface area contributed by atoms with Gasteiger partial charge in [0.1, 0.15) is 6.04 Å². The molecule has 1 amide bonds. The maximum atomic E-state index is 11.7. The summed E-state index contributed by atoms with van der Waals surface area (Å²) in [6, 6.07) is -1.32. The number of nitrogens with two attached hydrogens (primary N) is 1. The molecule has 0 bridgehead atoms. The Morgan fingerprint density at radius 1 is 1.56 bits per heavy atom. The maximum Gasteiger partial charge on any atom is 0.326 e.